The summed E-state index contributed by atoms with van der Waals surface area (Å²) in [4.78, 5) is 0. The van der Waals surface area contributed by atoms with Crippen LogP contribution in [0.15, 0.2) is 35.3 Å². The van der Waals surface area contributed by atoms with E-state index >= 15 is 0 Å². The third kappa shape index (κ3) is 4.80. The van der Waals surface area contributed by atoms with E-state index in [0.29, 0.717) is 35.2 Å². The molecular weight excluding hydrogens is 521 g/mol. The van der Waals surface area contributed by atoms with Crippen LogP contribution in [-0.4, -0.2) is 37.0 Å². The molecule has 1 aromatic carbocycles. The van der Waals surface area contributed by atoms with Crippen molar-refractivity contribution in [3.8, 4) is 5.75 Å². The van der Waals surface area contributed by atoms with Gasteiger partial charge in [-0.25, -0.2) is 17.5 Å². The van der Waals surface area contributed by atoms with Crippen molar-refractivity contribution in [2.45, 2.75) is 69.5 Å². The van der Waals surface area contributed by atoms with E-state index in [1.807, 2.05) is 19.9 Å². The van der Waals surface area contributed by atoms with Crippen molar-refractivity contribution in [3.63, 3.8) is 0 Å². The van der Waals surface area contributed by atoms with Gasteiger partial charge in [0.05, 0.1) is 28.0 Å². The predicted molar refractivity (Wildman–Crippen MR) is 129 cm³/mol. The van der Waals surface area contributed by atoms with Gasteiger partial charge in [0.25, 0.3) is 0 Å². The first-order chi connectivity index (χ1) is 14.7. The van der Waals surface area contributed by atoms with Gasteiger partial charge in [-0.05, 0) is 50.0 Å². The molecule has 1 fully saturated rings. The highest BCUT2D eigenvalue weighted by molar-refractivity contribution is 9.10. The zero-order valence-corrected chi connectivity index (χ0v) is 22.1. The summed E-state index contributed by atoms with van der Waals surface area (Å²) in [5, 5.41) is -0.0262. The van der Waals surface area contributed by atoms with Crippen molar-refractivity contribution in [3.05, 3.63) is 51.7 Å². The van der Waals surface area contributed by atoms with Gasteiger partial charge in [-0.15, -0.1) is 0 Å². The van der Waals surface area contributed by atoms with Gasteiger partial charge in [0, 0.05) is 28.4 Å². The van der Waals surface area contributed by atoms with Gasteiger partial charge < -0.3 is 9.47 Å². The van der Waals surface area contributed by atoms with Gasteiger partial charge in [0.2, 0.25) is 10.0 Å². The molecule has 1 N–H and O–H groups in total. The molecule has 1 aromatic rings. The first-order valence-corrected chi connectivity index (χ1v) is 13.1. The summed E-state index contributed by atoms with van der Waals surface area (Å²) in [6.07, 6.45) is 6.10. The Morgan fingerprint density at radius 3 is 2.59 bits per heavy atom. The molecule has 3 unspecified atom stereocenters. The summed E-state index contributed by atoms with van der Waals surface area (Å²) in [5.74, 6) is -0.511. The first-order valence-electron chi connectivity index (χ1n) is 10.5. The highest BCUT2D eigenvalue weighted by Crippen LogP contribution is 2.50. The van der Waals surface area contributed by atoms with Gasteiger partial charge >= 0.3 is 0 Å². The monoisotopic (exact) mass is 549 g/mol. The van der Waals surface area contributed by atoms with E-state index in [0.717, 1.165) is 0 Å². The fourth-order valence-electron chi connectivity index (χ4n) is 3.91. The molecular formula is C23H30BrClFNO4S. The number of epoxide rings is 1. The van der Waals surface area contributed by atoms with Crippen molar-refractivity contribution in [1.29, 1.82) is 0 Å². The molecule has 5 nitrogen and oxygen atoms in total. The van der Waals surface area contributed by atoms with Gasteiger partial charge in [-0.1, -0.05) is 43.3 Å². The Morgan fingerprint density at radius 2 is 2.06 bits per heavy atom. The lowest BCUT2D eigenvalue weighted by Gasteiger charge is -2.42. The normalized spacial score (nSPS) is 27.1. The van der Waals surface area contributed by atoms with Crippen molar-refractivity contribution < 1.29 is 22.3 Å². The molecule has 0 aliphatic carbocycles. The van der Waals surface area contributed by atoms with Gasteiger partial charge in [0.15, 0.2) is 0 Å². The minimum absolute atomic E-state index is 0.0262. The second-order valence-electron chi connectivity index (χ2n) is 9.84. The molecule has 0 aromatic heterocycles. The molecule has 1 saturated heterocycles. The number of hydrogen-bond acceptors (Lipinski definition) is 4. The van der Waals surface area contributed by atoms with Crippen LogP contribution in [0.3, 0.4) is 0 Å². The number of allylic oxidation sites excluding steroid dienone is 2. The summed E-state index contributed by atoms with van der Waals surface area (Å²) in [5.41, 5.74) is -0.787. The van der Waals surface area contributed by atoms with Crippen LogP contribution >= 0.6 is 27.5 Å². The van der Waals surface area contributed by atoms with Crippen molar-refractivity contribution in [2.24, 2.45) is 5.92 Å². The Hall–Kier alpha value is -0.930. The molecule has 2 aliphatic rings. The van der Waals surface area contributed by atoms with Crippen LogP contribution < -0.4 is 9.46 Å². The van der Waals surface area contributed by atoms with Gasteiger partial charge in [-0.3, -0.25) is 0 Å². The Kier molecular flexibility index (Phi) is 6.98. The zero-order valence-electron chi connectivity index (χ0n) is 19.0. The second kappa shape index (κ2) is 8.69. The average molecular weight is 551 g/mol. The summed E-state index contributed by atoms with van der Waals surface area (Å²) < 4.78 is 55.2. The highest BCUT2D eigenvalue weighted by atomic mass is 79.9. The minimum Gasteiger partial charge on any atom is -0.484 e. The molecule has 32 heavy (non-hydrogen) atoms. The van der Waals surface area contributed by atoms with E-state index in [4.69, 9.17) is 21.1 Å². The summed E-state index contributed by atoms with van der Waals surface area (Å²) in [7, 11) is -3.73. The number of sulfonamides is 1. The minimum atomic E-state index is -3.73. The lowest BCUT2D eigenvalue weighted by molar-refractivity contribution is 0.0130. The highest BCUT2D eigenvalue weighted by Gasteiger charge is 2.56. The van der Waals surface area contributed by atoms with Gasteiger partial charge in [-0.2, -0.15) is 0 Å². The molecule has 3 rings (SSSR count). The molecule has 9 heteroatoms. The maximum Gasteiger partial charge on any atom is 0.216 e. The van der Waals surface area contributed by atoms with Crippen LogP contribution in [0, 0.1) is 11.7 Å². The second-order valence-corrected chi connectivity index (χ2v) is 13.5. The summed E-state index contributed by atoms with van der Waals surface area (Å²) in [6.45, 7) is 13.1. The van der Waals surface area contributed by atoms with E-state index in [-0.39, 0.29) is 10.9 Å². The van der Waals surface area contributed by atoms with Crippen LogP contribution in [0.4, 0.5) is 4.39 Å². The quantitative estimate of drug-likeness (QED) is 0.261. The Morgan fingerprint density at radius 1 is 1.44 bits per heavy atom. The number of nitrogens with one attached hydrogen (secondary N) is 1. The van der Waals surface area contributed by atoms with Crippen molar-refractivity contribution in [2.75, 3.05) is 6.61 Å². The smallest absolute Gasteiger partial charge is 0.216 e. The maximum absolute atomic E-state index is 14.4. The van der Waals surface area contributed by atoms with Crippen molar-refractivity contribution in [1.82, 2.24) is 4.72 Å². The third-order valence-electron chi connectivity index (χ3n) is 6.25. The number of fused-ring (bicyclic) bond motifs is 1. The Bertz CT molecular complexity index is 1050. The predicted octanol–water partition coefficient (Wildman–Crippen LogP) is 5.56. The van der Waals surface area contributed by atoms with E-state index in [1.165, 1.54) is 6.07 Å². The Balaban J connectivity index is 2.14. The molecule has 0 bridgehead atoms. The SMILES string of the molecule is C=C/C=C\[C@H](C)C1(C(CC2(C)CO2)NS(=O)(=O)C(C)(C)C)Cc2c(cc(F)c(Cl)c2Br)O1. The van der Waals surface area contributed by atoms with Crippen LogP contribution in [0.2, 0.25) is 5.02 Å². The van der Waals surface area contributed by atoms with Crippen LogP contribution in [0.25, 0.3) is 0 Å². The standard InChI is InChI=1S/C23H30BrClFNO4S/c1-7-8-9-14(2)23(11-15-17(31-23)10-16(26)20(25)19(15)24)18(12-22(6)13-30-22)27-32(28,29)21(3,4)5/h7-10,14,18,27H,1,11-13H2,2-6H3/b9-8-/t14-,18?,22?,23?/m0/s1. The van der Waals surface area contributed by atoms with E-state index in [1.54, 1.807) is 32.9 Å². The average Bonchev–Trinajstić information content (AvgIpc) is 3.27. The fraction of sp³-hybridized carbons (Fsp3) is 0.565. The third-order valence-corrected chi connectivity index (χ3v) is 9.93. The van der Waals surface area contributed by atoms with Crippen molar-refractivity contribution >= 4 is 37.6 Å². The number of hydrogen-bond donors (Lipinski definition) is 1. The number of halogens is 3. The largest absolute Gasteiger partial charge is 0.484 e. The zero-order chi connectivity index (χ0) is 24.1. The van der Waals surface area contributed by atoms with E-state index in [9.17, 15) is 12.8 Å². The fourth-order valence-corrected chi connectivity index (χ4v) is 5.61. The van der Waals surface area contributed by atoms with E-state index < -0.39 is 37.8 Å². The molecule has 178 valence electrons. The summed E-state index contributed by atoms with van der Waals surface area (Å²) in [6, 6.07) is 0.614. The molecule has 0 amide bonds. The first kappa shape index (κ1) is 25.7. The molecule has 0 saturated carbocycles. The van der Waals surface area contributed by atoms with Gasteiger partial charge in [0.1, 0.15) is 17.2 Å². The molecule has 2 heterocycles. The van der Waals surface area contributed by atoms with Crippen LogP contribution in [0.1, 0.15) is 46.6 Å². The molecule has 4 atom stereocenters. The Labute approximate surface area is 203 Å². The topological polar surface area (TPSA) is 67.9 Å². The molecule has 2 aliphatic heterocycles. The van der Waals surface area contributed by atoms with E-state index in [2.05, 4.69) is 27.2 Å². The molecule has 0 spiro atoms. The number of benzene rings is 1. The van der Waals surface area contributed by atoms with Crippen LogP contribution in [0.5, 0.6) is 5.75 Å². The molecule has 0 radical (unpaired) electrons. The summed E-state index contributed by atoms with van der Waals surface area (Å²) >= 11 is 9.55. The maximum atomic E-state index is 14.4. The number of rotatable bonds is 8. The van der Waals surface area contributed by atoms with Crippen LogP contribution in [-0.2, 0) is 21.2 Å². The number of ether oxygens (including phenoxy) is 2. The lowest BCUT2D eigenvalue weighted by atomic mass is 9.76. The lowest BCUT2D eigenvalue weighted by Crippen LogP contribution is -2.61.